The standard InChI is InChI=1S/C17H20Cl2N2O/c1-20(2)10-5-11-21(16-6-3-4-7-17(16)22)15-9-8-13(18)12-14(15)19/h3-4,6-9,12,22H,5,10-11H2,1-2H3. The Morgan fingerprint density at radius 2 is 1.68 bits per heavy atom. The third-order valence-corrected chi connectivity index (χ3v) is 3.90. The number of para-hydroxylation sites is 2. The van der Waals surface area contributed by atoms with Crippen LogP contribution in [0.25, 0.3) is 0 Å². The van der Waals surface area contributed by atoms with Crippen molar-refractivity contribution in [1.82, 2.24) is 4.90 Å². The summed E-state index contributed by atoms with van der Waals surface area (Å²) >= 11 is 12.3. The smallest absolute Gasteiger partial charge is 0.139 e. The molecule has 0 unspecified atom stereocenters. The number of halogens is 2. The fraction of sp³-hybridized carbons (Fsp3) is 0.294. The molecule has 2 rings (SSSR count). The number of aromatic hydroxyl groups is 1. The van der Waals surface area contributed by atoms with Gasteiger partial charge < -0.3 is 14.9 Å². The molecule has 0 saturated heterocycles. The molecule has 0 atom stereocenters. The van der Waals surface area contributed by atoms with E-state index in [0.717, 1.165) is 30.9 Å². The van der Waals surface area contributed by atoms with Crippen LogP contribution >= 0.6 is 23.2 Å². The van der Waals surface area contributed by atoms with Crippen LogP contribution in [0.15, 0.2) is 42.5 Å². The molecule has 0 aliphatic rings. The predicted molar refractivity (Wildman–Crippen MR) is 94.7 cm³/mol. The Balaban J connectivity index is 2.34. The summed E-state index contributed by atoms with van der Waals surface area (Å²) in [4.78, 5) is 4.16. The van der Waals surface area contributed by atoms with Gasteiger partial charge in [0.2, 0.25) is 0 Å². The summed E-state index contributed by atoms with van der Waals surface area (Å²) in [6, 6.07) is 12.7. The molecule has 5 heteroatoms. The molecular weight excluding hydrogens is 319 g/mol. The number of benzene rings is 2. The lowest BCUT2D eigenvalue weighted by Gasteiger charge is -2.27. The number of nitrogens with zero attached hydrogens (tertiary/aromatic N) is 2. The molecule has 0 aliphatic heterocycles. The first-order chi connectivity index (χ1) is 10.5. The van der Waals surface area contributed by atoms with Gasteiger partial charge in [-0.2, -0.15) is 0 Å². The maximum atomic E-state index is 10.2. The van der Waals surface area contributed by atoms with Crippen LogP contribution < -0.4 is 4.90 Å². The van der Waals surface area contributed by atoms with Gasteiger partial charge in [-0.05, 0) is 57.4 Å². The largest absolute Gasteiger partial charge is 0.506 e. The quantitative estimate of drug-likeness (QED) is 0.820. The number of rotatable bonds is 6. The number of hydrogen-bond acceptors (Lipinski definition) is 3. The first-order valence-corrected chi connectivity index (χ1v) is 7.90. The fourth-order valence-electron chi connectivity index (χ4n) is 2.31. The summed E-state index contributed by atoms with van der Waals surface area (Å²) in [6.07, 6.45) is 0.945. The zero-order valence-electron chi connectivity index (χ0n) is 12.8. The van der Waals surface area contributed by atoms with Crippen molar-refractivity contribution in [2.75, 3.05) is 32.1 Å². The SMILES string of the molecule is CN(C)CCCN(c1ccccc1O)c1ccc(Cl)cc1Cl. The van der Waals surface area contributed by atoms with Gasteiger partial charge in [0.05, 0.1) is 16.4 Å². The van der Waals surface area contributed by atoms with Gasteiger partial charge >= 0.3 is 0 Å². The van der Waals surface area contributed by atoms with Crippen molar-refractivity contribution in [2.45, 2.75) is 6.42 Å². The van der Waals surface area contributed by atoms with E-state index in [0.29, 0.717) is 10.0 Å². The highest BCUT2D eigenvalue weighted by atomic mass is 35.5. The second-order valence-corrected chi connectivity index (χ2v) is 6.24. The zero-order chi connectivity index (χ0) is 16.1. The molecule has 2 aromatic carbocycles. The molecule has 2 aromatic rings. The summed E-state index contributed by atoms with van der Waals surface area (Å²) in [5, 5.41) is 11.3. The third-order valence-electron chi connectivity index (χ3n) is 3.36. The van der Waals surface area contributed by atoms with Crippen molar-refractivity contribution >= 4 is 34.6 Å². The van der Waals surface area contributed by atoms with Gasteiger partial charge in [0.1, 0.15) is 5.75 Å². The van der Waals surface area contributed by atoms with E-state index in [-0.39, 0.29) is 5.75 Å². The minimum absolute atomic E-state index is 0.235. The van der Waals surface area contributed by atoms with Gasteiger partial charge in [0, 0.05) is 11.6 Å². The van der Waals surface area contributed by atoms with Gasteiger partial charge in [-0.15, -0.1) is 0 Å². The molecule has 0 spiro atoms. The second kappa shape index (κ2) is 7.73. The van der Waals surface area contributed by atoms with Gasteiger partial charge in [-0.1, -0.05) is 35.3 Å². The number of phenols is 1. The molecule has 0 saturated carbocycles. The lowest BCUT2D eigenvalue weighted by Crippen LogP contribution is -2.23. The highest BCUT2D eigenvalue weighted by molar-refractivity contribution is 6.36. The fourth-order valence-corrected chi connectivity index (χ4v) is 2.82. The second-order valence-electron chi connectivity index (χ2n) is 5.39. The maximum Gasteiger partial charge on any atom is 0.139 e. The van der Waals surface area contributed by atoms with Gasteiger partial charge in [-0.25, -0.2) is 0 Å². The lowest BCUT2D eigenvalue weighted by molar-refractivity contribution is 0.402. The molecular formula is C17H20Cl2N2O. The third kappa shape index (κ3) is 4.29. The van der Waals surface area contributed by atoms with Crippen molar-refractivity contribution in [2.24, 2.45) is 0 Å². The molecule has 0 heterocycles. The van der Waals surface area contributed by atoms with Crippen LogP contribution in [0.4, 0.5) is 11.4 Å². The minimum atomic E-state index is 0.235. The van der Waals surface area contributed by atoms with E-state index in [2.05, 4.69) is 4.90 Å². The average Bonchev–Trinajstić information content (AvgIpc) is 2.45. The van der Waals surface area contributed by atoms with Crippen LogP contribution in [0.3, 0.4) is 0 Å². The Morgan fingerprint density at radius 3 is 2.32 bits per heavy atom. The molecule has 0 aliphatic carbocycles. The van der Waals surface area contributed by atoms with E-state index in [1.54, 1.807) is 18.2 Å². The monoisotopic (exact) mass is 338 g/mol. The van der Waals surface area contributed by atoms with Gasteiger partial charge in [0.15, 0.2) is 0 Å². The molecule has 1 N–H and O–H groups in total. The molecule has 0 bridgehead atoms. The van der Waals surface area contributed by atoms with Crippen LogP contribution in [0.5, 0.6) is 5.75 Å². The Kier molecular flexibility index (Phi) is 5.95. The number of hydrogen-bond donors (Lipinski definition) is 1. The molecule has 0 aromatic heterocycles. The van der Waals surface area contributed by atoms with Crippen molar-refractivity contribution < 1.29 is 5.11 Å². The van der Waals surface area contributed by atoms with E-state index in [1.807, 2.05) is 43.3 Å². The van der Waals surface area contributed by atoms with E-state index >= 15 is 0 Å². The minimum Gasteiger partial charge on any atom is -0.506 e. The molecule has 0 amide bonds. The summed E-state index contributed by atoms with van der Waals surface area (Å²) < 4.78 is 0. The Bertz CT molecular complexity index is 632. The predicted octanol–water partition coefficient (Wildman–Crippen LogP) is 4.79. The van der Waals surface area contributed by atoms with Crippen LogP contribution in [0, 0.1) is 0 Å². The number of phenolic OH excluding ortho intramolecular Hbond substituents is 1. The molecule has 3 nitrogen and oxygen atoms in total. The van der Waals surface area contributed by atoms with Crippen molar-refractivity contribution in [1.29, 1.82) is 0 Å². The summed E-state index contributed by atoms with van der Waals surface area (Å²) in [6.45, 7) is 1.70. The Morgan fingerprint density at radius 1 is 0.955 bits per heavy atom. The first kappa shape index (κ1) is 16.9. The molecule has 0 fully saturated rings. The number of anilines is 2. The van der Waals surface area contributed by atoms with Crippen LogP contribution in [-0.4, -0.2) is 37.2 Å². The van der Waals surface area contributed by atoms with E-state index < -0.39 is 0 Å². The van der Waals surface area contributed by atoms with Crippen LogP contribution in [0.1, 0.15) is 6.42 Å². The first-order valence-electron chi connectivity index (χ1n) is 7.14. The average molecular weight is 339 g/mol. The normalized spacial score (nSPS) is 11.0. The Hall–Kier alpha value is -1.42. The van der Waals surface area contributed by atoms with E-state index in [1.165, 1.54) is 0 Å². The highest BCUT2D eigenvalue weighted by Gasteiger charge is 2.16. The molecule has 118 valence electrons. The van der Waals surface area contributed by atoms with E-state index in [4.69, 9.17) is 23.2 Å². The van der Waals surface area contributed by atoms with Crippen molar-refractivity contribution in [3.8, 4) is 5.75 Å². The summed E-state index contributed by atoms with van der Waals surface area (Å²) in [7, 11) is 4.08. The van der Waals surface area contributed by atoms with Crippen LogP contribution in [0.2, 0.25) is 10.0 Å². The van der Waals surface area contributed by atoms with Crippen molar-refractivity contribution in [3.05, 3.63) is 52.5 Å². The van der Waals surface area contributed by atoms with Gasteiger partial charge in [-0.3, -0.25) is 0 Å². The topological polar surface area (TPSA) is 26.7 Å². The van der Waals surface area contributed by atoms with E-state index in [9.17, 15) is 5.11 Å². The van der Waals surface area contributed by atoms with Gasteiger partial charge in [0.25, 0.3) is 0 Å². The van der Waals surface area contributed by atoms with Crippen LogP contribution in [-0.2, 0) is 0 Å². The highest BCUT2D eigenvalue weighted by Crippen LogP contribution is 2.37. The molecule has 22 heavy (non-hydrogen) atoms. The summed E-state index contributed by atoms with van der Waals surface area (Å²) in [5.41, 5.74) is 1.58. The lowest BCUT2D eigenvalue weighted by atomic mass is 10.2. The summed E-state index contributed by atoms with van der Waals surface area (Å²) in [5.74, 6) is 0.235. The zero-order valence-corrected chi connectivity index (χ0v) is 14.3. The Labute approximate surface area is 141 Å². The maximum absolute atomic E-state index is 10.2. The van der Waals surface area contributed by atoms with Crippen molar-refractivity contribution in [3.63, 3.8) is 0 Å². The molecule has 0 radical (unpaired) electrons.